The zero-order chi connectivity index (χ0) is 17.6. The van der Waals surface area contributed by atoms with Gasteiger partial charge in [0.15, 0.2) is 0 Å². The third kappa shape index (κ3) is 4.37. The van der Waals surface area contributed by atoms with Crippen LogP contribution in [0.5, 0.6) is 5.75 Å². The lowest BCUT2D eigenvalue weighted by Crippen LogP contribution is -2.32. The number of aromatic carboxylic acids is 1. The second-order valence-electron chi connectivity index (χ2n) is 6.47. The number of ether oxygens (including phenoxy) is 1. The molecule has 0 radical (unpaired) electrons. The van der Waals surface area contributed by atoms with Crippen LogP contribution in [0.2, 0.25) is 0 Å². The summed E-state index contributed by atoms with van der Waals surface area (Å²) in [4.78, 5) is 17.9. The molecule has 1 heterocycles. The summed E-state index contributed by atoms with van der Waals surface area (Å²) in [5, 5.41) is 9.17. The summed E-state index contributed by atoms with van der Waals surface area (Å²) in [6, 6.07) is 13.8. The van der Waals surface area contributed by atoms with Crippen molar-refractivity contribution in [3.05, 3.63) is 59.4 Å². The first-order chi connectivity index (χ1) is 12.2. The van der Waals surface area contributed by atoms with Gasteiger partial charge in [0, 0.05) is 24.7 Å². The molecular formula is C20H24N2O3. The molecule has 132 valence electrons. The van der Waals surface area contributed by atoms with Crippen LogP contribution in [0.4, 0.5) is 0 Å². The third-order valence-electron chi connectivity index (χ3n) is 4.80. The van der Waals surface area contributed by atoms with E-state index >= 15 is 0 Å². The molecule has 1 aromatic carbocycles. The van der Waals surface area contributed by atoms with E-state index < -0.39 is 5.97 Å². The summed E-state index contributed by atoms with van der Waals surface area (Å²) >= 11 is 0. The Morgan fingerprint density at radius 3 is 2.64 bits per heavy atom. The smallest absolute Gasteiger partial charge is 0.354 e. The normalized spacial score (nSPS) is 14.8. The quantitative estimate of drug-likeness (QED) is 0.832. The molecule has 1 aromatic heterocycles. The van der Waals surface area contributed by atoms with Crippen molar-refractivity contribution in [3.8, 4) is 5.75 Å². The molecule has 0 spiro atoms. The first-order valence-electron chi connectivity index (χ1n) is 8.72. The number of carboxylic acids is 1. The zero-order valence-corrected chi connectivity index (χ0v) is 14.5. The predicted molar refractivity (Wildman–Crippen MR) is 95.7 cm³/mol. The Hall–Kier alpha value is -2.40. The molecule has 0 aliphatic heterocycles. The minimum atomic E-state index is -0.987. The third-order valence-corrected chi connectivity index (χ3v) is 4.80. The van der Waals surface area contributed by atoms with Crippen molar-refractivity contribution >= 4 is 5.97 Å². The molecule has 0 amide bonds. The van der Waals surface area contributed by atoms with E-state index in [1.54, 1.807) is 13.2 Å². The van der Waals surface area contributed by atoms with E-state index in [1.807, 2.05) is 24.3 Å². The number of aromatic nitrogens is 1. The zero-order valence-electron chi connectivity index (χ0n) is 14.5. The van der Waals surface area contributed by atoms with Crippen LogP contribution in [0.25, 0.3) is 0 Å². The molecule has 3 rings (SSSR count). The lowest BCUT2D eigenvalue weighted by atomic mass is 10.1. The highest BCUT2D eigenvalue weighted by atomic mass is 16.5. The Labute approximate surface area is 148 Å². The molecule has 0 atom stereocenters. The maximum atomic E-state index is 11.2. The first kappa shape index (κ1) is 17.4. The van der Waals surface area contributed by atoms with Crippen LogP contribution in [0.15, 0.2) is 42.5 Å². The van der Waals surface area contributed by atoms with Gasteiger partial charge in [0.1, 0.15) is 11.4 Å². The standard InChI is InChI=1S/C20H24N2O3/c1-25-19-12-5-2-7-15(19)13-22(17-9-3-4-10-17)14-16-8-6-11-18(21-16)20(23)24/h2,5-8,11-12,17H,3-4,9-10,13-14H2,1H3,(H,23,24). The van der Waals surface area contributed by atoms with Gasteiger partial charge in [0.25, 0.3) is 0 Å². The summed E-state index contributed by atoms with van der Waals surface area (Å²) in [5.74, 6) is -0.100. The van der Waals surface area contributed by atoms with Gasteiger partial charge in [-0.2, -0.15) is 0 Å². The summed E-state index contributed by atoms with van der Waals surface area (Å²) in [7, 11) is 1.69. The minimum Gasteiger partial charge on any atom is -0.496 e. The van der Waals surface area contributed by atoms with Gasteiger partial charge in [-0.25, -0.2) is 9.78 Å². The largest absolute Gasteiger partial charge is 0.496 e. The SMILES string of the molecule is COc1ccccc1CN(Cc1cccc(C(=O)O)n1)C1CCCC1. The molecule has 1 fully saturated rings. The van der Waals surface area contributed by atoms with E-state index in [4.69, 9.17) is 9.84 Å². The van der Waals surface area contributed by atoms with E-state index in [1.165, 1.54) is 31.7 Å². The van der Waals surface area contributed by atoms with E-state index in [9.17, 15) is 4.79 Å². The number of hydrogen-bond donors (Lipinski definition) is 1. The van der Waals surface area contributed by atoms with Gasteiger partial charge >= 0.3 is 5.97 Å². The van der Waals surface area contributed by atoms with Crippen molar-refractivity contribution in [1.29, 1.82) is 0 Å². The molecule has 1 saturated carbocycles. The van der Waals surface area contributed by atoms with Crippen molar-refractivity contribution in [2.75, 3.05) is 7.11 Å². The molecule has 0 unspecified atom stereocenters. The summed E-state index contributed by atoms with van der Waals surface area (Å²) in [6.07, 6.45) is 4.84. The summed E-state index contributed by atoms with van der Waals surface area (Å²) in [5.41, 5.74) is 2.04. The molecule has 2 aromatic rings. The lowest BCUT2D eigenvalue weighted by molar-refractivity contribution is 0.0689. The fourth-order valence-electron chi connectivity index (χ4n) is 3.53. The van der Waals surface area contributed by atoms with Crippen LogP contribution in [0.3, 0.4) is 0 Å². The highest BCUT2D eigenvalue weighted by Crippen LogP contribution is 2.28. The monoisotopic (exact) mass is 340 g/mol. The van der Waals surface area contributed by atoms with Crippen molar-refractivity contribution in [1.82, 2.24) is 9.88 Å². The van der Waals surface area contributed by atoms with Crippen LogP contribution in [-0.4, -0.2) is 34.1 Å². The van der Waals surface area contributed by atoms with Gasteiger partial charge in [-0.05, 0) is 31.0 Å². The van der Waals surface area contributed by atoms with Crippen LogP contribution in [0.1, 0.15) is 47.4 Å². The molecule has 25 heavy (non-hydrogen) atoms. The molecule has 5 heteroatoms. The maximum Gasteiger partial charge on any atom is 0.354 e. The van der Waals surface area contributed by atoms with E-state index in [2.05, 4.69) is 16.0 Å². The van der Waals surface area contributed by atoms with Gasteiger partial charge in [-0.3, -0.25) is 4.90 Å². The van der Waals surface area contributed by atoms with Crippen LogP contribution in [-0.2, 0) is 13.1 Å². The number of carboxylic acid groups (broad SMARTS) is 1. The molecule has 1 aliphatic rings. The van der Waals surface area contributed by atoms with Gasteiger partial charge in [0.2, 0.25) is 0 Å². The van der Waals surface area contributed by atoms with Crippen molar-refractivity contribution in [3.63, 3.8) is 0 Å². The minimum absolute atomic E-state index is 0.0983. The Morgan fingerprint density at radius 1 is 1.16 bits per heavy atom. The van der Waals surface area contributed by atoms with E-state index in [0.717, 1.165) is 23.6 Å². The van der Waals surface area contributed by atoms with Gasteiger partial charge < -0.3 is 9.84 Å². The van der Waals surface area contributed by atoms with E-state index in [-0.39, 0.29) is 5.69 Å². The topological polar surface area (TPSA) is 62.7 Å². The molecule has 5 nitrogen and oxygen atoms in total. The van der Waals surface area contributed by atoms with Gasteiger partial charge in [-0.15, -0.1) is 0 Å². The van der Waals surface area contributed by atoms with Crippen molar-refractivity contribution in [2.24, 2.45) is 0 Å². The Bertz CT molecular complexity index is 726. The summed E-state index contributed by atoms with van der Waals surface area (Å²) in [6.45, 7) is 1.41. The lowest BCUT2D eigenvalue weighted by Gasteiger charge is -2.29. The van der Waals surface area contributed by atoms with Gasteiger partial charge in [0.05, 0.1) is 12.8 Å². The Balaban J connectivity index is 1.82. The van der Waals surface area contributed by atoms with Crippen LogP contribution >= 0.6 is 0 Å². The van der Waals surface area contributed by atoms with Crippen molar-refractivity contribution in [2.45, 2.75) is 44.8 Å². The number of para-hydroxylation sites is 1. The fourth-order valence-corrected chi connectivity index (χ4v) is 3.53. The Morgan fingerprint density at radius 2 is 1.92 bits per heavy atom. The Kier molecular flexibility index (Phi) is 5.66. The molecule has 1 N–H and O–H groups in total. The van der Waals surface area contributed by atoms with E-state index in [0.29, 0.717) is 12.6 Å². The molecule has 1 aliphatic carbocycles. The number of hydrogen-bond acceptors (Lipinski definition) is 4. The van der Waals surface area contributed by atoms with Crippen molar-refractivity contribution < 1.29 is 14.6 Å². The number of benzene rings is 1. The highest BCUT2D eigenvalue weighted by Gasteiger charge is 2.24. The number of nitrogens with zero attached hydrogens (tertiary/aromatic N) is 2. The predicted octanol–water partition coefficient (Wildman–Crippen LogP) is 3.73. The number of rotatable bonds is 7. The second-order valence-corrected chi connectivity index (χ2v) is 6.47. The number of carbonyl (C=O) groups is 1. The number of pyridine rings is 1. The molecular weight excluding hydrogens is 316 g/mol. The summed E-state index contributed by atoms with van der Waals surface area (Å²) < 4.78 is 5.49. The van der Waals surface area contributed by atoms with Crippen LogP contribution in [0, 0.1) is 0 Å². The molecule has 0 saturated heterocycles. The van der Waals surface area contributed by atoms with Crippen LogP contribution < -0.4 is 4.74 Å². The van der Waals surface area contributed by atoms with Gasteiger partial charge in [-0.1, -0.05) is 37.1 Å². The fraction of sp³-hybridized carbons (Fsp3) is 0.400. The molecule has 0 bridgehead atoms. The average molecular weight is 340 g/mol. The average Bonchev–Trinajstić information content (AvgIpc) is 3.16. The first-order valence-corrected chi connectivity index (χ1v) is 8.72. The highest BCUT2D eigenvalue weighted by molar-refractivity contribution is 5.85. The number of methoxy groups -OCH3 is 1. The second kappa shape index (κ2) is 8.12. The maximum absolute atomic E-state index is 11.2.